The minimum Gasteiger partial charge on any atom is -0.304 e. The first-order valence-electron chi connectivity index (χ1n) is 5.53. The van der Waals surface area contributed by atoms with Crippen molar-refractivity contribution in [1.29, 1.82) is 0 Å². The van der Waals surface area contributed by atoms with Crippen LogP contribution >= 0.6 is 15.9 Å². The summed E-state index contributed by atoms with van der Waals surface area (Å²) in [6.45, 7) is 2.02. The molecule has 0 saturated carbocycles. The standard InChI is InChI=1S/C12H12BrN3O2/c1-2-12-14-5-6-15(12)10-3-4-11(16(17)18)9(7-10)8-13/h3-7H,2,8H2,1H3. The number of benzene rings is 1. The fourth-order valence-electron chi connectivity index (χ4n) is 1.84. The third-order valence-corrected chi connectivity index (χ3v) is 3.32. The minimum absolute atomic E-state index is 0.133. The van der Waals surface area contributed by atoms with Gasteiger partial charge in [0.05, 0.1) is 4.92 Å². The first kappa shape index (κ1) is 12.8. The summed E-state index contributed by atoms with van der Waals surface area (Å²) in [6.07, 6.45) is 4.40. The Kier molecular flexibility index (Phi) is 3.76. The molecule has 0 amide bonds. The van der Waals surface area contributed by atoms with Gasteiger partial charge in [0.1, 0.15) is 5.82 Å². The minimum atomic E-state index is -0.366. The van der Waals surface area contributed by atoms with E-state index in [4.69, 9.17) is 0 Å². The van der Waals surface area contributed by atoms with Crippen LogP contribution in [0, 0.1) is 10.1 Å². The fraction of sp³-hybridized carbons (Fsp3) is 0.250. The second-order valence-electron chi connectivity index (χ2n) is 3.77. The van der Waals surface area contributed by atoms with Gasteiger partial charge in [-0.2, -0.15) is 0 Å². The Morgan fingerprint density at radius 1 is 1.50 bits per heavy atom. The Hall–Kier alpha value is -1.69. The molecule has 0 atom stereocenters. The zero-order valence-corrected chi connectivity index (χ0v) is 11.4. The van der Waals surface area contributed by atoms with Gasteiger partial charge in [-0.25, -0.2) is 4.98 Å². The number of imidazole rings is 1. The smallest absolute Gasteiger partial charge is 0.273 e. The average Bonchev–Trinajstić information content (AvgIpc) is 2.86. The first-order valence-corrected chi connectivity index (χ1v) is 6.65. The molecule has 5 nitrogen and oxygen atoms in total. The average molecular weight is 310 g/mol. The summed E-state index contributed by atoms with van der Waals surface area (Å²) in [6, 6.07) is 5.09. The molecule has 1 aromatic carbocycles. The van der Waals surface area contributed by atoms with Crippen LogP contribution in [0.3, 0.4) is 0 Å². The maximum atomic E-state index is 10.9. The number of hydrogen-bond acceptors (Lipinski definition) is 3. The van der Waals surface area contributed by atoms with Gasteiger partial charge in [-0.1, -0.05) is 22.9 Å². The van der Waals surface area contributed by atoms with Crippen molar-refractivity contribution in [1.82, 2.24) is 9.55 Å². The van der Waals surface area contributed by atoms with Crippen molar-refractivity contribution >= 4 is 21.6 Å². The number of nitrogens with zero attached hydrogens (tertiary/aromatic N) is 3. The second-order valence-corrected chi connectivity index (χ2v) is 4.33. The number of aryl methyl sites for hydroxylation is 1. The summed E-state index contributed by atoms with van der Waals surface area (Å²) in [7, 11) is 0. The quantitative estimate of drug-likeness (QED) is 0.495. The highest BCUT2D eigenvalue weighted by Gasteiger charge is 2.14. The van der Waals surface area contributed by atoms with E-state index in [1.165, 1.54) is 6.07 Å². The SMILES string of the molecule is CCc1nccn1-c1ccc([N+](=O)[O-])c(CBr)c1. The highest BCUT2D eigenvalue weighted by atomic mass is 79.9. The monoisotopic (exact) mass is 309 g/mol. The Balaban J connectivity index is 2.51. The zero-order chi connectivity index (χ0) is 13.1. The van der Waals surface area contributed by atoms with E-state index >= 15 is 0 Å². The lowest BCUT2D eigenvalue weighted by Gasteiger charge is -2.08. The van der Waals surface area contributed by atoms with Gasteiger partial charge < -0.3 is 4.57 Å². The molecule has 2 rings (SSSR count). The molecular formula is C12H12BrN3O2. The van der Waals surface area contributed by atoms with Gasteiger partial charge in [0.25, 0.3) is 5.69 Å². The normalized spacial score (nSPS) is 10.6. The third kappa shape index (κ3) is 2.28. The summed E-state index contributed by atoms with van der Waals surface area (Å²) in [5.74, 6) is 0.935. The second kappa shape index (κ2) is 5.30. The largest absolute Gasteiger partial charge is 0.304 e. The number of nitro groups is 1. The molecule has 0 unspecified atom stereocenters. The van der Waals surface area contributed by atoms with E-state index < -0.39 is 0 Å². The molecule has 0 saturated heterocycles. The highest BCUT2D eigenvalue weighted by molar-refractivity contribution is 9.08. The maximum absolute atomic E-state index is 10.9. The molecular weight excluding hydrogens is 298 g/mol. The number of hydrogen-bond donors (Lipinski definition) is 0. The van der Waals surface area contributed by atoms with E-state index in [9.17, 15) is 10.1 Å². The molecule has 94 valence electrons. The molecule has 0 N–H and O–H groups in total. The Labute approximate surface area is 113 Å². The van der Waals surface area contributed by atoms with Crippen molar-refractivity contribution in [3.8, 4) is 5.69 Å². The van der Waals surface area contributed by atoms with E-state index in [1.807, 2.05) is 23.8 Å². The number of aromatic nitrogens is 2. The van der Waals surface area contributed by atoms with Crippen LogP contribution in [0.15, 0.2) is 30.6 Å². The summed E-state index contributed by atoms with van der Waals surface area (Å²) in [5, 5.41) is 11.3. The summed E-state index contributed by atoms with van der Waals surface area (Å²) in [4.78, 5) is 14.7. The van der Waals surface area contributed by atoms with Crippen LogP contribution in [0.4, 0.5) is 5.69 Å². The van der Waals surface area contributed by atoms with Crippen molar-refractivity contribution in [2.45, 2.75) is 18.7 Å². The molecule has 2 aromatic rings. The number of halogens is 1. The summed E-state index contributed by atoms with van der Waals surface area (Å²) < 4.78 is 1.94. The van der Waals surface area contributed by atoms with Gasteiger partial charge in [-0.15, -0.1) is 0 Å². The molecule has 0 aliphatic rings. The Morgan fingerprint density at radius 3 is 2.89 bits per heavy atom. The Bertz CT molecular complexity index is 580. The lowest BCUT2D eigenvalue weighted by Crippen LogP contribution is -2.01. The van der Waals surface area contributed by atoms with Crippen LogP contribution in [0.5, 0.6) is 0 Å². The van der Waals surface area contributed by atoms with E-state index in [-0.39, 0.29) is 10.6 Å². The van der Waals surface area contributed by atoms with E-state index in [1.54, 1.807) is 12.3 Å². The van der Waals surface area contributed by atoms with Gasteiger partial charge in [0.2, 0.25) is 0 Å². The van der Waals surface area contributed by atoms with Crippen LogP contribution in [0.1, 0.15) is 18.3 Å². The molecule has 0 aliphatic heterocycles. The molecule has 6 heteroatoms. The van der Waals surface area contributed by atoms with Crippen molar-refractivity contribution in [3.63, 3.8) is 0 Å². The molecule has 0 bridgehead atoms. The molecule has 18 heavy (non-hydrogen) atoms. The van der Waals surface area contributed by atoms with Crippen molar-refractivity contribution < 1.29 is 4.92 Å². The van der Waals surface area contributed by atoms with E-state index in [2.05, 4.69) is 20.9 Å². The zero-order valence-electron chi connectivity index (χ0n) is 9.84. The summed E-state index contributed by atoms with van der Waals surface area (Å²) >= 11 is 3.28. The van der Waals surface area contributed by atoms with E-state index in [0.29, 0.717) is 10.9 Å². The van der Waals surface area contributed by atoms with Gasteiger partial charge in [-0.3, -0.25) is 10.1 Å². The predicted octanol–water partition coefficient (Wildman–Crippen LogP) is 3.24. The van der Waals surface area contributed by atoms with Crippen molar-refractivity contribution in [2.24, 2.45) is 0 Å². The molecule has 1 heterocycles. The number of rotatable bonds is 4. The van der Waals surface area contributed by atoms with Gasteiger partial charge in [0.15, 0.2) is 0 Å². The predicted molar refractivity (Wildman–Crippen MR) is 72.2 cm³/mol. The van der Waals surface area contributed by atoms with Crippen LogP contribution in [-0.4, -0.2) is 14.5 Å². The van der Waals surface area contributed by atoms with Gasteiger partial charge in [0, 0.05) is 41.5 Å². The molecule has 0 fully saturated rings. The van der Waals surface area contributed by atoms with Crippen LogP contribution in [0.25, 0.3) is 5.69 Å². The lowest BCUT2D eigenvalue weighted by atomic mass is 10.2. The van der Waals surface area contributed by atoms with E-state index in [0.717, 1.165) is 17.9 Å². The molecule has 0 radical (unpaired) electrons. The molecule has 0 aliphatic carbocycles. The molecule has 1 aromatic heterocycles. The van der Waals surface area contributed by atoms with Gasteiger partial charge in [-0.05, 0) is 12.1 Å². The lowest BCUT2D eigenvalue weighted by molar-refractivity contribution is -0.385. The van der Waals surface area contributed by atoms with Crippen LogP contribution in [0.2, 0.25) is 0 Å². The maximum Gasteiger partial charge on any atom is 0.273 e. The summed E-state index contributed by atoms with van der Waals surface area (Å²) in [5.41, 5.74) is 1.69. The molecule has 0 spiro atoms. The first-order chi connectivity index (χ1) is 8.67. The number of nitro benzene ring substituents is 1. The van der Waals surface area contributed by atoms with Crippen LogP contribution in [-0.2, 0) is 11.8 Å². The topological polar surface area (TPSA) is 61.0 Å². The fourth-order valence-corrected chi connectivity index (χ4v) is 2.29. The van der Waals surface area contributed by atoms with Crippen LogP contribution < -0.4 is 0 Å². The number of alkyl halides is 1. The Morgan fingerprint density at radius 2 is 2.28 bits per heavy atom. The van der Waals surface area contributed by atoms with Crippen molar-refractivity contribution in [3.05, 3.63) is 52.1 Å². The van der Waals surface area contributed by atoms with Crippen molar-refractivity contribution in [2.75, 3.05) is 0 Å². The van der Waals surface area contributed by atoms with Gasteiger partial charge >= 0.3 is 0 Å². The highest BCUT2D eigenvalue weighted by Crippen LogP contribution is 2.24. The third-order valence-electron chi connectivity index (χ3n) is 2.72.